The average molecular weight is 345 g/mol. The van der Waals surface area contributed by atoms with E-state index in [-0.39, 0.29) is 0 Å². The number of benzene rings is 2. The normalized spacial score (nSPS) is 22.0. The molecule has 0 saturated carbocycles. The molecule has 2 nitrogen and oxygen atoms in total. The first kappa shape index (κ1) is 16.1. The number of aromatic amines is 1. The first-order valence-electron chi connectivity index (χ1n) is 10.3. The number of H-pyrrole nitrogens is 1. The lowest BCUT2D eigenvalue weighted by Crippen LogP contribution is -2.37. The van der Waals surface area contributed by atoms with Crippen LogP contribution in [-0.4, -0.2) is 22.5 Å². The van der Waals surface area contributed by atoms with Crippen LogP contribution in [0.2, 0.25) is 0 Å². The van der Waals surface area contributed by atoms with E-state index in [1.165, 1.54) is 73.7 Å². The topological polar surface area (TPSA) is 19.0 Å². The van der Waals surface area contributed by atoms with Crippen molar-refractivity contribution in [3.8, 4) is 0 Å². The maximum Gasteiger partial charge on any atom is 0.0459 e. The molecule has 1 aromatic heterocycles. The second kappa shape index (κ2) is 6.92. The SMILES string of the molecule is c1ccc(CCCCCN2[C@H]3CC[C@@H]2c2c([nH]c4ccccc24)C3)cc1. The second-order valence-corrected chi connectivity index (χ2v) is 8.05. The molecule has 2 atom stereocenters. The summed E-state index contributed by atoms with van der Waals surface area (Å²) in [6.07, 6.45) is 9.12. The Bertz CT molecular complexity index is 880. The van der Waals surface area contributed by atoms with E-state index in [4.69, 9.17) is 0 Å². The molecule has 0 amide bonds. The van der Waals surface area contributed by atoms with Crippen LogP contribution >= 0.6 is 0 Å². The van der Waals surface area contributed by atoms with Crippen LogP contribution in [0.5, 0.6) is 0 Å². The minimum atomic E-state index is 0.647. The van der Waals surface area contributed by atoms with Gasteiger partial charge in [-0.2, -0.15) is 0 Å². The summed E-state index contributed by atoms with van der Waals surface area (Å²) in [6.45, 7) is 1.27. The van der Waals surface area contributed by atoms with Gasteiger partial charge in [0.2, 0.25) is 0 Å². The molecule has 0 radical (unpaired) electrons. The summed E-state index contributed by atoms with van der Waals surface area (Å²) in [7, 11) is 0. The second-order valence-electron chi connectivity index (χ2n) is 8.05. The molecule has 5 rings (SSSR count). The number of hydrogen-bond donors (Lipinski definition) is 1. The third-order valence-corrected chi connectivity index (χ3v) is 6.47. The number of aryl methyl sites for hydroxylation is 1. The highest BCUT2D eigenvalue weighted by Gasteiger charge is 2.41. The average Bonchev–Trinajstić information content (AvgIpc) is 3.18. The van der Waals surface area contributed by atoms with E-state index in [9.17, 15) is 0 Å². The molecule has 1 saturated heterocycles. The van der Waals surface area contributed by atoms with E-state index in [2.05, 4.69) is 64.5 Å². The fraction of sp³-hybridized carbons (Fsp3) is 0.417. The van der Waals surface area contributed by atoms with Gasteiger partial charge in [-0.25, -0.2) is 0 Å². The Morgan fingerprint density at radius 1 is 0.885 bits per heavy atom. The van der Waals surface area contributed by atoms with Crippen LogP contribution in [0.15, 0.2) is 54.6 Å². The van der Waals surface area contributed by atoms with Crippen LogP contribution in [0, 0.1) is 0 Å². The number of aromatic nitrogens is 1. The maximum absolute atomic E-state index is 3.71. The molecule has 1 N–H and O–H groups in total. The van der Waals surface area contributed by atoms with Crippen LogP contribution in [-0.2, 0) is 12.8 Å². The number of nitrogens with one attached hydrogen (secondary N) is 1. The van der Waals surface area contributed by atoms with Crippen LogP contribution in [0.25, 0.3) is 10.9 Å². The van der Waals surface area contributed by atoms with E-state index < -0.39 is 0 Å². The third kappa shape index (κ3) is 2.87. The van der Waals surface area contributed by atoms with E-state index in [1.54, 1.807) is 5.56 Å². The summed E-state index contributed by atoms with van der Waals surface area (Å²) in [5.74, 6) is 0. The highest BCUT2D eigenvalue weighted by molar-refractivity contribution is 5.85. The quantitative estimate of drug-likeness (QED) is 0.573. The highest BCUT2D eigenvalue weighted by atomic mass is 15.2. The minimum absolute atomic E-state index is 0.647. The molecule has 2 aliphatic heterocycles. The molecule has 134 valence electrons. The Hall–Kier alpha value is -2.06. The predicted octanol–water partition coefficient (Wildman–Crippen LogP) is 5.64. The first-order valence-corrected chi connectivity index (χ1v) is 10.3. The number of rotatable bonds is 6. The van der Waals surface area contributed by atoms with Crippen molar-refractivity contribution in [1.82, 2.24) is 9.88 Å². The molecule has 2 aromatic carbocycles. The fourth-order valence-corrected chi connectivity index (χ4v) is 5.25. The zero-order chi connectivity index (χ0) is 17.3. The lowest BCUT2D eigenvalue weighted by Gasteiger charge is -2.35. The molecule has 2 heteroatoms. The number of para-hydroxylation sites is 1. The van der Waals surface area contributed by atoms with E-state index >= 15 is 0 Å². The van der Waals surface area contributed by atoms with Gasteiger partial charge in [0.05, 0.1) is 0 Å². The van der Waals surface area contributed by atoms with Gasteiger partial charge < -0.3 is 4.98 Å². The number of fused-ring (bicyclic) bond motifs is 6. The molecule has 0 aliphatic carbocycles. The van der Waals surface area contributed by atoms with Gasteiger partial charge in [-0.1, -0.05) is 55.0 Å². The smallest absolute Gasteiger partial charge is 0.0459 e. The third-order valence-electron chi connectivity index (χ3n) is 6.47. The zero-order valence-corrected chi connectivity index (χ0v) is 15.5. The molecular weight excluding hydrogens is 316 g/mol. The van der Waals surface area contributed by atoms with E-state index in [0.717, 1.165) is 6.04 Å². The van der Waals surface area contributed by atoms with Gasteiger partial charge in [0, 0.05) is 35.1 Å². The molecule has 2 aliphatic rings. The van der Waals surface area contributed by atoms with Crippen LogP contribution < -0.4 is 0 Å². The van der Waals surface area contributed by atoms with Gasteiger partial charge in [0.15, 0.2) is 0 Å². The Morgan fingerprint density at radius 3 is 2.65 bits per heavy atom. The molecule has 3 aromatic rings. The Balaban J connectivity index is 1.22. The van der Waals surface area contributed by atoms with Gasteiger partial charge in [-0.3, -0.25) is 4.90 Å². The van der Waals surface area contributed by atoms with Crippen LogP contribution in [0.3, 0.4) is 0 Å². The monoisotopic (exact) mass is 344 g/mol. The zero-order valence-electron chi connectivity index (χ0n) is 15.5. The van der Waals surface area contributed by atoms with Gasteiger partial charge >= 0.3 is 0 Å². The predicted molar refractivity (Wildman–Crippen MR) is 108 cm³/mol. The van der Waals surface area contributed by atoms with Gasteiger partial charge in [0.1, 0.15) is 0 Å². The maximum atomic E-state index is 3.71. The molecule has 0 spiro atoms. The van der Waals surface area contributed by atoms with E-state index in [1.807, 2.05) is 0 Å². The largest absolute Gasteiger partial charge is 0.358 e. The van der Waals surface area contributed by atoms with Crippen molar-refractivity contribution in [3.63, 3.8) is 0 Å². The molecule has 26 heavy (non-hydrogen) atoms. The Morgan fingerprint density at radius 2 is 1.73 bits per heavy atom. The molecule has 1 fully saturated rings. The summed E-state index contributed by atoms with van der Waals surface area (Å²) in [4.78, 5) is 6.53. The van der Waals surface area contributed by atoms with Gasteiger partial charge in [-0.15, -0.1) is 0 Å². The molecule has 3 heterocycles. The first-order chi connectivity index (χ1) is 12.9. The fourth-order valence-electron chi connectivity index (χ4n) is 5.25. The van der Waals surface area contributed by atoms with Crippen LogP contribution in [0.4, 0.5) is 0 Å². The van der Waals surface area contributed by atoms with Crippen molar-refractivity contribution in [2.24, 2.45) is 0 Å². The lowest BCUT2D eigenvalue weighted by molar-refractivity contribution is 0.174. The highest BCUT2D eigenvalue weighted by Crippen LogP contribution is 2.46. The van der Waals surface area contributed by atoms with Crippen molar-refractivity contribution in [1.29, 1.82) is 0 Å². The minimum Gasteiger partial charge on any atom is -0.358 e. The van der Waals surface area contributed by atoms with Crippen molar-refractivity contribution in [3.05, 3.63) is 71.4 Å². The van der Waals surface area contributed by atoms with E-state index in [0.29, 0.717) is 6.04 Å². The number of hydrogen-bond acceptors (Lipinski definition) is 1. The van der Waals surface area contributed by atoms with Crippen molar-refractivity contribution >= 4 is 10.9 Å². The van der Waals surface area contributed by atoms with Crippen LogP contribution in [0.1, 0.15) is 55.0 Å². The summed E-state index contributed by atoms with van der Waals surface area (Å²) in [5, 5.41) is 1.46. The molecule has 0 unspecified atom stereocenters. The summed E-state index contributed by atoms with van der Waals surface area (Å²) in [6, 6.07) is 21.2. The summed E-state index contributed by atoms with van der Waals surface area (Å²) >= 11 is 0. The lowest BCUT2D eigenvalue weighted by atomic mass is 9.96. The van der Waals surface area contributed by atoms with Crippen molar-refractivity contribution in [2.75, 3.05) is 6.54 Å². The molecule has 2 bridgehead atoms. The number of nitrogens with zero attached hydrogens (tertiary/aromatic N) is 1. The Kier molecular flexibility index (Phi) is 4.30. The summed E-state index contributed by atoms with van der Waals surface area (Å²) < 4.78 is 0. The molecular formula is C24H28N2. The number of unbranched alkanes of at least 4 members (excludes halogenated alkanes) is 2. The van der Waals surface area contributed by atoms with Gasteiger partial charge in [0.25, 0.3) is 0 Å². The van der Waals surface area contributed by atoms with Crippen molar-refractivity contribution in [2.45, 2.75) is 57.0 Å². The summed E-state index contributed by atoms with van der Waals surface area (Å²) in [5.41, 5.74) is 5.93. The van der Waals surface area contributed by atoms with Gasteiger partial charge in [-0.05, 0) is 55.8 Å². The van der Waals surface area contributed by atoms with Crippen molar-refractivity contribution < 1.29 is 0 Å². The Labute approximate surface area is 156 Å². The standard InChI is InChI=1S/C24H28N2/c1-3-9-18(10-4-1)11-5-2-8-16-26-19-14-15-23(26)24-20-12-6-7-13-21(20)25-22(24)17-19/h1,3-4,6-7,9-10,12-13,19,23,25H,2,5,8,11,14-17H2/t19-,23+/m0/s1.